The molecule has 0 saturated heterocycles. The Balaban J connectivity index is 2.24. The van der Waals surface area contributed by atoms with Crippen molar-refractivity contribution in [1.29, 1.82) is 0 Å². The van der Waals surface area contributed by atoms with Gasteiger partial charge in [-0.2, -0.15) is 0 Å². The topological polar surface area (TPSA) is 12.5 Å². The summed E-state index contributed by atoms with van der Waals surface area (Å²) in [5, 5.41) is 2.49. The van der Waals surface area contributed by atoms with Crippen LogP contribution in [0.25, 0.3) is 0 Å². The SMILES string of the molecule is CC(C)(C)[Si](C)(C)ON(c1ccccc1)C1CCCCC1. The van der Waals surface area contributed by atoms with E-state index < -0.39 is 8.32 Å². The predicted octanol–water partition coefficient (Wildman–Crippen LogP) is 5.76. The smallest absolute Gasteiger partial charge is 0.228 e. The summed E-state index contributed by atoms with van der Waals surface area (Å²) in [6.45, 7) is 11.6. The summed E-state index contributed by atoms with van der Waals surface area (Å²) in [6.07, 6.45) is 6.54. The van der Waals surface area contributed by atoms with E-state index in [4.69, 9.17) is 4.53 Å². The number of nitrogens with zero attached hydrogens (tertiary/aromatic N) is 1. The lowest BCUT2D eigenvalue weighted by atomic mass is 9.95. The zero-order valence-electron chi connectivity index (χ0n) is 14.4. The predicted molar refractivity (Wildman–Crippen MR) is 94.1 cm³/mol. The van der Waals surface area contributed by atoms with Crippen LogP contribution in [0.15, 0.2) is 30.3 Å². The first kappa shape index (κ1) is 16.6. The molecule has 0 radical (unpaired) electrons. The molecule has 1 saturated carbocycles. The maximum absolute atomic E-state index is 6.70. The highest BCUT2D eigenvalue weighted by Gasteiger charge is 2.41. The number of para-hydroxylation sites is 1. The van der Waals surface area contributed by atoms with Gasteiger partial charge in [0.1, 0.15) is 0 Å². The minimum Gasteiger partial charge on any atom is -0.319 e. The maximum atomic E-state index is 6.70. The molecule has 3 heteroatoms. The molecule has 1 fully saturated rings. The molecule has 2 rings (SSSR count). The monoisotopic (exact) mass is 305 g/mol. The zero-order valence-corrected chi connectivity index (χ0v) is 15.4. The number of rotatable bonds is 4. The Morgan fingerprint density at radius 1 is 1.00 bits per heavy atom. The van der Waals surface area contributed by atoms with E-state index in [9.17, 15) is 0 Å². The average Bonchev–Trinajstić information content (AvgIpc) is 2.45. The zero-order chi connectivity index (χ0) is 15.5. The lowest BCUT2D eigenvalue weighted by Gasteiger charge is -2.44. The van der Waals surface area contributed by atoms with Gasteiger partial charge in [0.15, 0.2) is 0 Å². The third-order valence-corrected chi connectivity index (χ3v) is 9.32. The second-order valence-electron chi connectivity index (χ2n) is 7.80. The van der Waals surface area contributed by atoms with Gasteiger partial charge >= 0.3 is 0 Å². The molecule has 1 aliphatic carbocycles. The van der Waals surface area contributed by atoms with Crippen molar-refractivity contribution in [1.82, 2.24) is 0 Å². The van der Waals surface area contributed by atoms with E-state index in [-0.39, 0.29) is 5.04 Å². The molecular weight excluding hydrogens is 274 g/mol. The second kappa shape index (κ2) is 6.53. The summed E-state index contributed by atoms with van der Waals surface area (Å²) < 4.78 is 6.70. The van der Waals surface area contributed by atoms with Crippen LogP contribution in [0.4, 0.5) is 5.69 Å². The van der Waals surface area contributed by atoms with Gasteiger partial charge in [0.25, 0.3) is 0 Å². The number of benzene rings is 1. The van der Waals surface area contributed by atoms with Crippen LogP contribution < -0.4 is 5.06 Å². The number of anilines is 1. The fraction of sp³-hybridized carbons (Fsp3) is 0.667. The quantitative estimate of drug-likeness (QED) is 0.518. The van der Waals surface area contributed by atoms with Crippen molar-refractivity contribution >= 4 is 14.0 Å². The molecule has 2 nitrogen and oxygen atoms in total. The molecule has 118 valence electrons. The molecule has 0 amide bonds. The van der Waals surface area contributed by atoms with Crippen LogP contribution in [-0.4, -0.2) is 14.4 Å². The first-order valence-corrected chi connectivity index (χ1v) is 11.3. The summed E-state index contributed by atoms with van der Waals surface area (Å²) in [5.74, 6) is 0. The average molecular weight is 306 g/mol. The van der Waals surface area contributed by atoms with Gasteiger partial charge in [-0.15, -0.1) is 0 Å². The van der Waals surface area contributed by atoms with Gasteiger partial charge in [-0.1, -0.05) is 58.2 Å². The van der Waals surface area contributed by atoms with E-state index in [1.807, 2.05) is 0 Å². The molecule has 0 unspecified atom stereocenters. The number of hydrogen-bond donors (Lipinski definition) is 0. The standard InChI is InChI=1S/C18H31NOSi/c1-18(2,3)21(4,5)20-19(16-12-8-6-9-13-16)17-14-10-7-11-15-17/h6,8-9,12-13,17H,7,10-11,14-15H2,1-5H3. The molecule has 0 N–H and O–H groups in total. The molecule has 21 heavy (non-hydrogen) atoms. The molecular formula is C18H31NOSi. The van der Waals surface area contributed by atoms with Crippen molar-refractivity contribution in [3.05, 3.63) is 30.3 Å². The molecule has 0 heterocycles. The summed E-state index contributed by atoms with van der Waals surface area (Å²) in [7, 11) is -1.81. The lowest BCUT2D eigenvalue weighted by molar-refractivity contribution is 0.193. The molecule has 0 bridgehead atoms. The third-order valence-electron chi connectivity index (χ3n) is 5.05. The fourth-order valence-electron chi connectivity index (χ4n) is 2.61. The highest BCUT2D eigenvalue weighted by molar-refractivity contribution is 6.74. The number of hydroxylamine groups is 1. The van der Waals surface area contributed by atoms with E-state index in [1.54, 1.807) is 0 Å². The largest absolute Gasteiger partial charge is 0.319 e. The van der Waals surface area contributed by atoms with Crippen molar-refractivity contribution in [3.63, 3.8) is 0 Å². The Bertz CT molecular complexity index is 432. The summed E-state index contributed by atoms with van der Waals surface area (Å²) >= 11 is 0. The van der Waals surface area contributed by atoms with Crippen LogP contribution in [0.5, 0.6) is 0 Å². The molecule has 0 aliphatic heterocycles. The van der Waals surface area contributed by atoms with Gasteiger partial charge in [-0.3, -0.25) is 5.06 Å². The van der Waals surface area contributed by atoms with E-state index in [1.165, 1.54) is 37.8 Å². The van der Waals surface area contributed by atoms with Crippen LogP contribution in [-0.2, 0) is 4.53 Å². The minimum absolute atomic E-state index is 0.231. The van der Waals surface area contributed by atoms with E-state index in [2.05, 4.69) is 69.3 Å². The van der Waals surface area contributed by atoms with Gasteiger partial charge in [0.2, 0.25) is 8.32 Å². The molecule has 1 aliphatic rings. The van der Waals surface area contributed by atoms with Crippen molar-refractivity contribution in [2.75, 3.05) is 5.06 Å². The van der Waals surface area contributed by atoms with Gasteiger partial charge in [-0.25, -0.2) is 0 Å². The molecule has 1 aromatic rings. The molecule has 0 atom stereocenters. The fourth-order valence-corrected chi connectivity index (χ4v) is 3.63. The Morgan fingerprint density at radius 2 is 1.57 bits per heavy atom. The Morgan fingerprint density at radius 3 is 2.10 bits per heavy atom. The second-order valence-corrected chi connectivity index (χ2v) is 12.5. The Hall–Kier alpha value is -0.803. The Kier molecular flexibility index (Phi) is 5.15. The van der Waals surface area contributed by atoms with Crippen LogP contribution in [0.3, 0.4) is 0 Å². The highest BCUT2D eigenvalue weighted by atomic mass is 28.4. The summed E-state index contributed by atoms with van der Waals surface area (Å²) in [5.41, 5.74) is 1.22. The minimum atomic E-state index is -1.81. The number of hydrogen-bond acceptors (Lipinski definition) is 2. The van der Waals surface area contributed by atoms with Crippen molar-refractivity contribution in [2.24, 2.45) is 0 Å². The van der Waals surface area contributed by atoms with Crippen molar-refractivity contribution in [2.45, 2.75) is 77.0 Å². The summed E-state index contributed by atoms with van der Waals surface area (Å²) in [6, 6.07) is 11.2. The van der Waals surface area contributed by atoms with Gasteiger partial charge in [-0.05, 0) is 43.1 Å². The van der Waals surface area contributed by atoms with Crippen LogP contribution in [0.2, 0.25) is 18.1 Å². The molecule has 1 aromatic carbocycles. The lowest BCUT2D eigenvalue weighted by Crippen LogP contribution is -2.50. The van der Waals surface area contributed by atoms with Gasteiger partial charge in [0, 0.05) is 0 Å². The van der Waals surface area contributed by atoms with Crippen LogP contribution in [0.1, 0.15) is 52.9 Å². The molecule has 0 aromatic heterocycles. The highest BCUT2D eigenvalue weighted by Crippen LogP contribution is 2.39. The van der Waals surface area contributed by atoms with E-state index >= 15 is 0 Å². The first-order chi connectivity index (χ1) is 9.81. The van der Waals surface area contributed by atoms with E-state index in [0.717, 1.165) is 0 Å². The first-order valence-electron chi connectivity index (χ1n) is 8.35. The normalized spacial score (nSPS) is 17.8. The van der Waals surface area contributed by atoms with Gasteiger partial charge < -0.3 is 4.53 Å². The molecule has 0 spiro atoms. The van der Waals surface area contributed by atoms with Crippen LogP contribution >= 0.6 is 0 Å². The Labute approximate surface area is 131 Å². The van der Waals surface area contributed by atoms with E-state index in [0.29, 0.717) is 6.04 Å². The van der Waals surface area contributed by atoms with Crippen molar-refractivity contribution < 1.29 is 4.53 Å². The summed E-state index contributed by atoms with van der Waals surface area (Å²) in [4.78, 5) is 0. The van der Waals surface area contributed by atoms with Crippen LogP contribution in [0, 0.1) is 0 Å². The maximum Gasteiger partial charge on any atom is 0.228 e. The van der Waals surface area contributed by atoms with Gasteiger partial charge in [0.05, 0.1) is 11.7 Å². The third kappa shape index (κ3) is 4.10. The van der Waals surface area contributed by atoms with Crippen molar-refractivity contribution in [3.8, 4) is 0 Å².